The number of carbonyl (C=O) groups is 1. The Balaban J connectivity index is 2.44. The molecule has 2 aliphatic rings. The summed E-state index contributed by atoms with van der Waals surface area (Å²) in [5.74, 6) is 1.71. The Morgan fingerprint density at radius 1 is 1.32 bits per heavy atom. The van der Waals surface area contributed by atoms with Crippen LogP contribution in [0.2, 0.25) is 0 Å². The minimum Gasteiger partial charge on any atom is -0.303 e. The van der Waals surface area contributed by atoms with Gasteiger partial charge >= 0.3 is 0 Å². The molecule has 0 aliphatic heterocycles. The second-order valence-electron chi connectivity index (χ2n) is 8.00. The van der Waals surface area contributed by atoms with Gasteiger partial charge in [0, 0.05) is 11.8 Å². The smallest absolute Gasteiger partial charge is 0.124 e. The topological polar surface area (TPSA) is 17.1 Å². The predicted molar refractivity (Wildman–Crippen MR) is 94.6 cm³/mol. The van der Waals surface area contributed by atoms with Crippen LogP contribution in [0, 0.1) is 29.1 Å². The molecule has 0 unspecified atom stereocenters. The number of hydrogen-bond acceptors (Lipinski definition) is 1. The Labute approximate surface area is 136 Å². The van der Waals surface area contributed by atoms with Crippen molar-refractivity contribution in [3.63, 3.8) is 0 Å². The second kappa shape index (κ2) is 6.56. The van der Waals surface area contributed by atoms with E-state index in [9.17, 15) is 4.79 Å². The van der Waals surface area contributed by atoms with Gasteiger partial charge in [0.15, 0.2) is 0 Å². The summed E-state index contributed by atoms with van der Waals surface area (Å²) in [6.45, 7) is 13.4. The molecule has 1 saturated carbocycles. The maximum absolute atomic E-state index is 12.0. The van der Waals surface area contributed by atoms with Crippen LogP contribution in [-0.4, -0.2) is 6.29 Å². The van der Waals surface area contributed by atoms with Crippen molar-refractivity contribution in [2.45, 2.75) is 60.8 Å². The minimum absolute atomic E-state index is 0.142. The fourth-order valence-electron chi connectivity index (χ4n) is 5.11. The Kier molecular flexibility index (Phi) is 5.14. The molecule has 0 spiro atoms. The van der Waals surface area contributed by atoms with Crippen LogP contribution in [0.5, 0.6) is 0 Å². The average molecular weight is 300 g/mol. The maximum Gasteiger partial charge on any atom is 0.124 e. The molecular formula is C21H32O. The molecule has 22 heavy (non-hydrogen) atoms. The summed E-state index contributed by atoms with van der Waals surface area (Å²) in [5.41, 5.74) is 4.21. The first-order valence-corrected chi connectivity index (χ1v) is 8.78. The molecule has 0 aromatic carbocycles. The van der Waals surface area contributed by atoms with Crippen LogP contribution >= 0.6 is 0 Å². The van der Waals surface area contributed by atoms with E-state index in [1.807, 2.05) is 0 Å². The fourth-order valence-corrected chi connectivity index (χ4v) is 5.11. The van der Waals surface area contributed by atoms with Gasteiger partial charge in [0.05, 0.1) is 0 Å². The molecule has 122 valence electrons. The molecule has 0 bridgehead atoms. The lowest BCUT2D eigenvalue weighted by molar-refractivity contribution is -0.116. The molecule has 0 N–H and O–H groups in total. The van der Waals surface area contributed by atoms with Gasteiger partial charge in [-0.3, -0.25) is 0 Å². The van der Waals surface area contributed by atoms with Gasteiger partial charge < -0.3 is 4.79 Å². The van der Waals surface area contributed by atoms with Crippen LogP contribution in [0.3, 0.4) is 0 Å². The average Bonchev–Trinajstić information content (AvgIpc) is 2.43. The lowest BCUT2D eigenvalue weighted by Crippen LogP contribution is -2.44. The molecule has 1 nitrogen and oxygen atoms in total. The molecule has 0 amide bonds. The van der Waals surface area contributed by atoms with Gasteiger partial charge in [-0.2, -0.15) is 0 Å². The highest BCUT2D eigenvalue weighted by Crippen LogP contribution is 2.55. The van der Waals surface area contributed by atoms with E-state index in [-0.39, 0.29) is 11.3 Å². The Morgan fingerprint density at radius 2 is 2.00 bits per heavy atom. The van der Waals surface area contributed by atoms with Crippen molar-refractivity contribution in [2.75, 3.05) is 0 Å². The van der Waals surface area contributed by atoms with Crippen LogP contribution in [0.4, 0.5) is 0 Å². The third kappa shape index (κ3) is 3.14. The van der Waals surface area contributed by atoms with E-state index in [1.165, 1.54) is 42.3 Å². The van der Waals surface area contributed by atoms with Crippen LogP contribution < -0.4 is 0 Å². The summed E-state index contributed by atoms with van der Waals surface area (Å²) >= 11 is 0. The number of fused-ring (bicyclic) bond motifs is 1. The summed E-state index contributed by atoms with van der Waals surface area (Å²) in [4.78, 5) is 12.0. The van der Waals surface area contributed by atoms with E-state index in [0.29, 0.717) is 11.8 Å². The Hall–Kier alpha value is -1.11. The molecule has 5 atom stereocenters. The molecule has 1 fully saturated rings. The fraction of sp³-hybridized carbons (Fsp3) is 0.667. The van der Waals surface area contributed by atoms with Crippen molar-refractivity contribution in [3.05, 3.63) is 34.9 Å². The highest BCUT2D eigenvalue weighted by Gasteiger charge is 2.47. The molecule has 0 heterocycles. The number of hydrogen-bond donors (Lipinski definition) is 0. The minimum atomic E-state index is 0.142. The zero-order valence-corrected chi connectivity index (χ0v) is 15.1. The molecule has 0 aromatic rings. The van der Waals surface area contributed by atoms with E-state index < -0.39 is 0 Å². The van der Waals surface area contributed by atoms with E-state index in [2.05, 4.69) is 59.8 Å². The molecule has 2 aliphatic carbocycles. The second-order valence-corrected chi connectivity index (χ2v) is 8.00. The highest BCUT2D eigenvalue weighted by molar-refractivity contribution is 5.59. The third-order valence-electron chi connectivity index (χ3n) is 6.06. The SMILES string of the molecule is C/C=C(C)/C=C(\C)[C@H]1C(C)=C[C@@]2(C)C[C@@H](C)CC[C@@H]2[C@H]1C=O. The standard InChI is InChI=1S/C21H32O/c1-7-14(2)10-16(4)20-17(5)12-21(6)11-15(3)8-9-19(21)18(20)13-22/h7,10,12-13,15,18-20H,8-9,11H2,1-6H3/b14-7+,16-10+/t15-,18+,19+,20-,21+/m0/s1. The normalized spacial score (nSPS) is 40.0. The molecule has 2 rings (SSSR count). The monoisotopic (exact) mass is 300 g/mol. The van der Waals surface area contributed by atoms with Gasteiger partial charge in [-0.05, 0) is 57.8 Å². The first kappa shape index (κ1) is 17.2. The first-order chi connectivity index (χ1) is 10.3. The zero-order chi connectivity index (χ0) is 16.5. The van der Waals surface area contributed by atoms with Gasteiger partial charge in [-0.15, -0.1) is 0 Å². The Morgan fingerprint density at radius 3 is 2.59 bits per heavy atom. The van der Waals surface area contributed by atoms with Crippen molar-refractivity contribution in [3.8, 4) is 0 Å². The van der Waals surface area contributed by atoms with Crippen LogP contribution in [0.1, 0.15) is 60.8 Å². The summed E-state index contributed by atoms with van der Waals surface area (Å²) < 4.78 is 0. The number of aldehydes is 1. The summed E-state index contributed by atoms with van der Waals surface area (Å²) in [6, 6.07) is 0. The van der Waals surface area contributed by atoms with E-state index in [0.717, 1.165) is 5.92 Å². The van der Waals surface area contributed by atoms with Gasteiger partial charge in [-0.25, -0.2) is 0 Å². The van der Waals surface area contributed by atoms with Gasteiger partial charge in [0.1, 0.15) is 6.29 Å². The molecular weight excluding hydrogens is 268 g/mol. The van der Waals surface area contributed by atoms with Crippen molar-refractivity contribution >= 4 is 6.29 Å². The Bertz CT molecular complexity index is 522. The highest BCUT2D eigenvalue weighted by atomic mass is 16.1. The van der Waals surface area contributed by atoms with Crippen LogP contribution in [-0.2, 0) is 4.79 Å². The van der Waals surface area contributed by atoms with Gasteiger partial charge in [0.2, 0.25) is 0 Å². The van der Waals surface area contributed by atoms with Gasteiger partial charge in [-0.1, -0.05) is 55.2 Å². The quantitative estimate of drug-likeness (QED) is 0.369. The molecule has 0 saturated heterocycles. The maximum atomic E-state index is 12.0. The number of rotatable bonds is 3. The summed E-state index contributed by atoms with van der Waals surface area (Å²) in [5, 5.41) is 0. The largest absolute Gasteiger partial charge is 0.303 e. The van der Waals surface area contributed by atoms with Crippen molar-refractivity contribution < 1.29 is 4.79 Å². The predicted octanol–water partition coefficient (Wildman–Crippen LogP) is 5.73. The summed E-state index contributed by atoms with van der Waals surface area (Å²) in [6.07, 6.45) is 11.8. The van der Waals surface area contributed by atoms with E-state index >= 15 is 0 Å². The van der Waals surface area contributed by atoms with Crippen molar-refractivity contribution in [1.82, 2.24) is 0 Å². The lowest BCUT2D eigenvalue weighted by Gasteiger charge is -2.51. The van der Waals surface area contributed by atoms with Crippen LogP contribution in [0.15, 0.2) is 34.9 Å². The van der Waals surface area contributed by atoms with E-state index in [1.54, 1.807) is 0 Å². The zero-order valence-electron chi connectivity index (χ0n) is 15.1. The number of carbonyl (C=O) groups excluding carboxylic acids is 1. The lowest BCUT2D eigenvalue weighted by atomic mass is 9.53. The van der Waals surface area contributed by atoms with Gasteiger partial charge in [0.25, 0.3) is 0 Å². The van der Waals surface area contributed by atoms with Crippen LogP contribution in [0.25, 0.3) is 0 Å². The first-order valence-electron chi connectivity index (χ1n) is 8.78. The van der Waals surface area contributed by atoms with Crippen molar-refractivity contribution in [2.24, 2.45) is 29.1 Å². The third-order valence-corrected chi connectivity index (χ3v) is 6.06. The number of allylic oxidation sites excluding steroid dienone is 6. The van der Waals surface area contributed by atoms with E-state index in [4.69, 9.17) is 0 Å². The van der Waals surface area contributed by atoms with Crippen molar-refractivity contribution in [1.29, 1.82) is 0 Å². The molecule has 0 aromatic heterocycles. The molecule has 1 heteroatoms. The summed E-state index contributed by atoms with van der Waals surface area (Å²) in [7, 11) is 0. The molecule has 0 radical (unpaired) electrons.